The average Bonchev–Trinajstić information content (AvgIpc) is 2.72. The summed E-state index contributed by atoms with van der Waals surface area (Å²) in [5, 5.41) is 2.89. The minimum Gasteiger partial charge on any atom is -0.496 e. The molecule has 0 aliphatic carbocycles. The van der Waals surface area contributed by atoms with E-state index in [1.807, 2.05) is 0 Å². The molecule has 30 heavy (non-hydrogen) atoms. The lowest BCUT2D eigenvalue weighted by atomic mass is 10.1. The predicted octanol–water partition coefficient (Wildman–Crippen LogP) is 6.20. The zero-order valence-electron chi connectivity index (χ0n) is 15.8. The van der Waals surface area contributed by atoms with Crippen LogP contribution in [0.4, 0.5) is 18.9 Å². The maximum absolute atomic E-state index is 13.2. The summed E-state index contributed by atoms with van der Waals surface area (Å²) in [6.45, 7) is 0.0884. The molecule has 0 aromatic heterocycles. The van der Waals surface area contributed by atoms with Crippen molar-refractivity contribution < 1.29 is 27.4 Å². The highest BCUT2D eigenvalue weighted by Gasteiger charge is 2.33. The maximum atomic E-state index is 13.2. The van der Waals surface area contributed by atoms with Crippen molar-refractivity contribution in [2.24, 2.45) is 0 Å². The van der Waals surface area contributed by atoms with Crippen molar-refractivity contribution >= 4 is 23.2 Å². The van der Waals surface area contributed by atoms with Crippen molar-refractivity contribution in [2.45, 2.75) is 12.8 Å². The van der Waals surface area contributed by atoms with E-state index in [-0.39, 0.29) is 17.9 Å². The lowest BCUT2D eigenvalue weighted by molar-refractivity contribution is -0.136. The van der Waals surface area contributed by atoms with Crippen LogP contribution in [0.15, 0.2) is 66.7 Å². The van der Waals surface area contributed by atoms with E-state index in [2.05, 4.69) is 5.32 Å². The van der Waals surface area contributed by atoms with Crippen LogP contribution in [0.1, 0.15) is 21.5 Å². The van der Waals surface area contributed by atoms with E-state index in [9.17, 15) is 18.0 Å². The van der Waals surface area contributed by atoms with Gasteiger partial charge in [0, 0.05) is 16.1 Å². The third-order valence-corrected chi connectivity index (χ3v) is 4.48. The summed E-state index contributed by atoms with van der Waals surface area (Å²) in [5.74, 6) is 0.369. The molecule has 4 nitrogen and oxygen atoms in total. The number of carbonyl (C=O) groups is 1. The van der Waals surface area contributed by atoms with Gasteiger partial charge in [0.15, 0.2) is 0 Å². The second-order valence-corrected chi connectivity index (χ2v) is 6.70. The first-order valence-electron chi connectivity index (χ1n) is 8.81. The SMILES string of the molecule is COc1ccc(C(=O)Nc2ccccc2C(F)(F)F)cc1COc1ccc(Cl)cc1. The molecule has 3 aromatic rings. The normalized spacial score (nSPS) is 11.1. The van der Waals surface area contributed by atoms with Crippen LogP contribution in [-0.2, 0) is 12.8 Å². The van der Waals surface area contributed by atoms with Gasteiger partial charge in [-0.1, -0.05) is 23.7 Å². The number of hydrogen-bond acceptors (Lipinski definition) is 3. The molecule has 1 amide bonds. The number of hydrogen-bond donors (Lipinski definition) is 1. The van der Waals surface area contributed by atoms with E-state index in [4.69, 9.17) is 21.1 Å². The Hall–Kier alpha value is -3.19. The highest BCUT2D eigenvalue weighted by Crippen LogP contribution is 2.35. The second kappa shape index (κ2) is 9.09. The average molecular weight is 436 g/mol. The van der Waals surface area contributed by atoms with Crippen molar-refractivity contribution in [3.63, 3.8) is 0 Å². The Morgan fingerprint density at radius 2 is 1.73 bits per heavy atom. The Morgan fingerprint density at radius 3 is 2.40 bits per heavy atom. The Kier molecular flexibility index (Phi) is 6.52. The summed E-state index contributed by atoms with van der Waals surface area (Å²) < 4.78 is 50.4. The van der Waals surface area contributed by atoms with Crippen LogP contribution >= 0.6 is 11.6 Å². The van der Waals surface area contributed by atoms with Crippen molar-refractivity contribution in [3.05, 3.63) is 88.4 Å². The molecule has 0 heterocycles. The molecular formula is C22H17ClF3NO3. The molecule has 0 fully saturated rings. The third-order valence-electron chi connectivity index (χ3n) is 4.23. The number of amides is 1. The first-order chi connectivity index (χ1) is 14.3. The molecule has 0 bridgehead atoms. The van der Waals surface area contributed by atoms with E-state index < -0.39 is 17.6 Å². The topological polar surface area (TPSA) is 47.6 Å². The van der Waals surface area contributed by atoms with Gasteiger partial charge in [0.2, 0.25) is 0 Å². The third kappa shape index (κ3) is 5.24. The van der Waals surface area contributed by atoms with Gasteiger partial charge in [-0.25, -0.2) is 0 Å². The molecular weight excluding hydrogens is 419 g/mol. The van der Waals surface area contributed by atoms with Gasteiger partial charge in [-0.3, -0.25) is 4.79 Å². The summed E-state index contributed by atoms with van der Waals surface area (Å²) >= 11 is 5.85. The van der Waals surface area contributed by atoms with Crippen LogP contribution in [0.5, 0.6) is 11.5 Å². The number of nitrogens with one attached hydrogen (secondary N) is 1. The molecule has 0 spiro atoms. The summed E-state index contributed by atoms with van der Waals surface area (Å²) in [7, 11) is 1.47. The minimum atomic E-state index is -4.58. The van der Waals surface area contributed by atoms with E-state index >= 15 is 0 Å². The zero-order valence-corrected chi connectivity index (χ0v) is 16.6. The molecule has 0 saturated heterocycles. The van der Waals surface area contributed by atoms with E-state index in [0.29, 0.717) is 22.1 Å². The smallest absolute Gasteiger partial charge is 0.418 e. The molecule has 0 aliphatic heterocycles. The van der Waals surface area contributed by atoms with Crippen LogP contribution in [0.25, 0.3) is 0 Å². The highest BCUT2D eigenvalue weighted by molar-refractivity contribution is 6.30. The van der Waals surface area contributed by atoms with Crippen molar-refractivity contribution in [3.8, 4) is 11.5 Å². The monoisotopic (exact) mass is 435 g/mol. The Morgan fingerprint density at radius 1 is 1.03 bits per heavy atom. The van der Waals surface area contributed by atoms with E-state index in [1.54, 1.807) is 30.3 Å². The Balaban J connectivity index is 1.80. The fourth-order valence-electron chi connectivity index (χ4n) is 2.76. The number of para-hydroxylation sites is 1. The number of ether oxygens (including phenoxy) is 2. The van der Waals surface area contributed by atoms with E-state index in [1.165, 1.54) is 37.4 Å². The van der Waals surface area contributed by atoms with Crippen molar-refractivity contribution in [1.82, 2.24) is 0 Å². The molecule has 0 radical (unpaired) electrons. The number of rotatable bonds is 6. The molecule has 3 rings (SSSR count). The number of carbonyl (C=O) groups excluding carboxylic acids is 1. The lowest BCUT2D eigenvalue weighted by Gasteiger charge is -2.15. The summed E-state index contributed by atoms with van der Waals surface area (Å²) in [5.41, 5.74) is -0.505. The Labute approximate surface area is 176 Å². The number of anilines is 1. The van der Waals surface area contributed by atoms with Gasteiger partial charge in [-0.05, 0) is 54.6 Å². The highest BCUT2D eigenvalue weighted by atomic mass is 35.5. The molecule has 8 heteroatoms. The molecule has 0 aliphatic rings. The largest absolute Gasteiger partial charge is 0.496 e. The first-order valence-corrected chi connectivity index (χ1v) is 9.18. The summed E-state index contributed by atoms with van der Waals surface area (Å²) in [4.78, 5) is 12.6. The fourth-order valence-corrected chi connectivity index (χ4v) is 2.88. The Bertz CT molecular complexity index is 1040. The van der Waals surface area contributed by atoms with Crippen LogP contribution in [0.2, 0.25) is 5.02 Å². The molecule has 0 unspecified atom stereocenters. The van der Waals surface area contributed by atoms with Gasteiger partial charge in [0.25, 0.3) is 5.91 Å². The number of alkyl halides is 3. The quantitative estimate of drug-likeness (QED) is 0.501. The van der Waals surface area contributed by atoms with Crippen LogP contribution < -0.4 is 14.8 Å². The van der Waals surface area contributed by atoms with Crippen molar-refractivity contribution in [2.75, 3.05) is 12.4 Å². The summed E-state index contributed by atoms with van der Waals surface area (Å²) in [6.07, 6.45) is -4.58. The molecule has 0 atom stereocenters. The van der Waals surface area contributed by atoms with Crippen LogP contribution in [0.3, 0.4) is 0 Å². The minimum absolute atomic E-state index is 0.0884. The molecule has 156 valence electrons. The predicted molar refractivity (Wildman–Crippen MR) is 108 cm³/mol. The van der Waals surface area contributed by atoms with Gasteiger partial charge in [-0.15, -0.1) is 0 Å². The summed E-state index contributed by atoms with van der Waals surface area (Å²) in [6, 6.07) is 16.1. The van der Waals surface area contributed by atoms with Crippen LogP contribution in [-0.4, -0.2) is 13.0 Å². The fraction of sp³-hybridized carbons (Fsp3) is 0.136. The van der Waals surface area contributed by atoms with E-state index in [0.717, 1.165) is 6.07 Å². The molecule has 3 aromatic carbocycles. The van der Waals surface area contributed by atoms with Gasteiger partial charge in [-0.2, -0.15) is 13.2 Å². The molecule has 0 saturated carbocycles. The standard InChI is InChI=1S/C22H17ClF3NO3/c1-29-20-11-6-14(12-15(20)13-30-17-9-7-16(23)8-10-17)21(28)27-19-5-3-2-4-18(19)22(24,25)26/h2-12H,13H2,1H3,(H,27,28). The van der Waals surface area contributed by atoms with Gasteiger partial charge in [0.05, 0.1) is 18.4 Å². The number of halogens is 4. The number of benzene rings is 3. The van der Waals surface area contributed by atoms with Crippen LogP contribution in [0, 0.1) is 0 Å². The van der Waals surface area contributed by atoms with Gasteiger partial charge in [0.1, 0.15) is 18.1 Å². The van der Waals surface area contributed by atoms with Gasteiger partial charge < -0.3 is 14.8 Å². The second-order valence-electron chi connectivity index (χ2n) is 6.27. The van der Waals surface area contributed by atoms with Gasteiger partial charge >= 0.3 is 6.18 Å². The first kappa shape index (κ1) is 21.5. The molecule has 1 N–H and O–H groups in total. The lowest BCUT2D eigenvalue weighted by Crippen LogP contribution is -2.17. The maximum Gasteiger partial charge on any atom is 0.418 e. The number of methoxy groups -OCH3 is 1. The van der Waals surface area contributed by atoms with Crippen molar-refractivity contribution in [1.29, 1.82) is 0 Å². The zero-order chi connectivity index (χ0) is 21.7.